The highest BCUT2D eigenvalue weighted by Crippen LogP contribution is 2.02. The molecule has 4 nitrogen and oxygen atoms in total. The summed E-state index contributed by atoms with van der Waals surface area (Å²) < 4.78 is 0. The van der Waals surface area contributed by atoms with Gasteiger partial charge in [0.1, 0.15) is 0 Å². The molecule has 12 heavy (non-hydrogen) atoms. The first-order valence-corrected chi connectivity index (χ1v) is 3.75. The minimum Gasteiger partial charge on any atom is -0.396 e. The summed E-state index contributed by atoms with van der Waals surface area (Å²) in [6.07, 6.45) is 1.36. The van der Waals surface area contributed by atoms with Gasteiger partial charge in [-0.15, -0.1) is 12.4 Å². The van der Waals surface area contributed by atoms with Gasteiger partial charge in [-0.25, -0.2) is 0 Å². The molecule has 0 saturated carbocycles. The number of rotatable bonds is 5. The minimum absolute atomic E-state index is 0. The van der Waals surface area contributed by atoms with E-state index in [1.165, 1.54) is 7.05 Å². The lowest BCUT2D eigenvalue weighted by Gasteiger charge is -2.07. The van der Waals surface area contributed by atoms with Crippen LogP contribution < -0.4 is 5.73 Å². The minimum atomic E-state index is -0.0443. The number of hydrogen-bond acceptors (Lipinski definition) is 4. The summed E-state index contributed by atoms with van der Waals surface area (Å²) in [5.74, 6) is -0.0443. The van der Waals surface area contributed by atoms with Gasteiger partial charge in [-0.3, -0.25) is 0 Å². The van der Waals surface area contributed by atoms with E-state index in [1.54, 1.807) is 0 Å². The van der Waals surface area contributed by atoms with Gasteiger partial charge in [0.05, 0.1) is 0 Å². The van der Waals surface area contributed by atoms with E-state index in [0.29, 0.717) is 12.8 Å². The van der Waals surface area contributed by atoms with E-state index in [-0.39, 0.29) is 38.1 Å². The average Bonchev–Trinajstić information content (AvgIpc) is 2.10. The molecule has 0 unspecified atom stereocenters. The van der Waals surface area contributed by atoms with Crippen molar-refractivity contribution in [2.45, 2.75) is 12.8 Å². The third kappa shape index (κ3) is 12.8. The van der Waals surface area contributed by atoms with Crippen LogP contribution in [0.2, 0.25) is 0 Å². The Morgan fingerprint density at radius 1 is 1.08 bits per heavy atom. The van der Waals surface area contributed by atoms with Gasteiger partial charge in [0.15, 0.2) is 0 Å². The molecular weight excluding hydrogens is 182 g/mol. The van der Waals surface area contributed by atoms with Crippen molar-refractivity contribution in [3.05, 3.63) is 0 Å². The van der Waals surface area contributed by atoms with Crippen LogP contribution in [0.15, 0.2) is 0 Å². The van der Waals surface area contributed by atoms with Gasteiger partial charge in [0.2, 0.25) is 0 Å². The monoisotopic (exact) mass is 201 g/mol. The second-order valence-corrected chi connectivity index (χ2v) is 2.10. The van der Waals surface area contributed by atoms with Gasteiger partial charge in [-0.2, -0.15) is 0 Å². The number of nitrogens with two attached hydrogens (primary N) is 1. The Morgan fingerprint density at radius 3 is 1.75 bits per heavy atom. The van der Waals surface area contributed by atoms with E-state index in [1.807, 2.05) is 0 Å². The Morgan fingerprint density at radius 2 is 1.50 bits per heavy atom. The van der Waals surface area contributed by atoms with Crippen LogP contribution in [-0.4, -0.2) is 42.2 Å². The standard InChI is InChI=1S/C6H14O3.CH5N.ClH/c7-3-1-2-6(4-8)5-9;1-2;/h6-9H,1-5H2;2H2,1H3;1H. The molecule has 0 saturated heterocycles. The summed E-state index contributed by atoms with van der Waals surface area (Å²) in [5, 5.41) is 25.4. The first kappa shape index (κ1) is 18.0. The maximum absolute atomic E-state index is 8.51. The molecule has 0 heterocycles. The Bertz CT molecular complexity index is 62.6. The smallest absolute Gasteiger partial charge is 0.0481 e. The van der Waals surface area contributed by atoms with Crippen LogP contribution in [0, 0.1) is 5.92 Å². The maximum Gasteiger partial charge on any atom is 0.0481 e. The van der Waals surface area contributed by atoms with Crippen LogP contribution in [0.3, 0.4) is 0 Å². The molecule has 0 aliphatic carbocycles. The molecule has 0 aliphatic rings. The number of aliphatic hydroxyl groups is 3. The normalized spacial score (nSPS) is 8.50. The second kappa shape index (κ2) is 17.3. The highest BCUT2D eigenvalue weighted by Gasteiger charge is 2.03. The van der Waals surface area contributed by atoms with Crippen LogP contribution >= 0.6 is 12.4 Å². The van der Waals surface area contributed by atoms with Crippen molar-refractivity contribution in [1.82, 2.24) is 0 Å². The van der Waals surface area contributed by atoms with Crippen molar-refractivity contribution in [2.75, 3.05) is 26.9 Å². The zero-order valence-electron chi connectivity index (χ0n) is 7.44. The fourth-order valence-corrected chi connectivity index (χ4v) is 0.620. The molecule has 0 amide bonds. The third-order valence-electron chi connectivity index (χ3n) is 1.29. The number of aliphatic hydroxyl groups excluding tert-OH is 3. The molecule has 5 N–H and O–H groups in total. The molecule has 0 aliphatic heterocycles. The van der Waals surface area contributed by atoms with E-state index < -0.39 is 0 Å². The zero-order valence-corrected chi connectivity index (χ0v) is 8.26. The molecular formula is C7H20ClNO3. The largest absolute Gasteiger partial charge is 0.396 e. The van der Waals surface area contributed by atoms with E-state index in [9.17, 15) is 0 Å². The molecule has 78 valence electrons. The van der Waals surface area contributed by atoms with E-state index in [4.69, 9.17) is 15.3 Å². The molecule has 0 fully saturated rings. The van der Waals surface area contributed by atoms with Crippen molar-refractivity contribution >= 4 is 12.4 Å². The van der Waals surface area contributed by atoms with Gasteiger partial charge in [-0.1, -0.05) is 0 Å². The van der Waals surface area contributed by atoms with Gasteiger partial charge in [0.25, 0.3) is 0 Å². The molecule has 0 rings (SSSR count). The van der Waals surface area contributed by atoms with Crippen molar-refractivity contribution in [1.29, 1.82) is 0 Å². The fraction of sp³-hybridized carbons (Fsp3) is 1.00. The summed E-state index contributed by atoms with van der Waals surface area (Å²) >= 11 is 0. The topological polar surface area (TPSA) is 86.7 Å². The summed E-state index contributed by atoms with van der Waals surface area (Å²) in [6, 6.07) is 0. The van der Waals surface area contributed by atoms with E-state index in [0.717, 1.165) is 0 Å². The summed E-state index contributed by atoms with van der Waals surface area (Å²) in [5.41, 5.74) is 4.50. The van der Waals surface area contributed by atoms with Crippen molar-refractivity contribution in [2.24, 2.45) is 11.7 Å². The Hall–Kier alpha value is 0.130. The first-order chi connectivity index (χ1) is 5.35. The third-order valence-corrected chi connectivity index (χ3v) is 1.29. The zero-order chi connectivity index (χ0) is 9.11. The van der Waals surface area contributed by atoms with E-state index in [2.05, 4.69) is 5.73 Å². The molecule has 0 aromatic heterocycles. The van der Waals surface area contributed by atoms with E-state index >= 15 is 0 Å². The van der Waals surface area contributed by atoms with Crippen LogP contribution in [0.25, 0.3) is 0 Å². The highest BCUT2D eigenvalue weighted by atomic mass is 35.5. The predicted octanol–water partition coefficient (Wildman–Crippen LogP) is -0.644. The van der Waals surface area contributed by atoms with Crippen LogP contribution in [-0.2, 0) is 0 Å². The van der Waals surface area contributed by atoms with Crippen molar-refractivity contribution in [3.63, 3.8) is 0 Å². The summed E-state index contributed by atoms with van der Waals surface area (Å²) in [6.45, 7) is 0.156. The Kier molecular flexibility index (Phi) is 26.0. The van der Waals surface area contributed by atoms with Gasteiger partial charge < -0.3 is 21.1 Å². The van der Waals surface area contributed by atoms with Crippen molar-refractivity contribution in [3.8, 4) is 0 Å². The van der Waals surface area contributed by atoms with Gasteiger partial charge in [-0.05, 0) is 19.9 Å². The molecule has 0 aromatic carbocycles. The van der Waals surface area contributed by atoms with Gasteiger partial charge >= 0.3 is 0 Å². The first-order valence-electron chi connectivity index (χ1n) is 3.75. The highest BCUT2D eigenvalue weighted by molar-refractivity contribution is 5.85. The van der Waals surface area contributed by atoms with Crippen LogP contribution in [0.1, 0.15) is 12.8 Å². The summed E-state index contributed by atoms with van der Waals surface area (Å²) in [7, 11) is 1.50. The van der Waals surface area contributed by atoms with Crippen LogP contribution in [0.4, 0.5) is 0 Å². The predicted molar refractivity (Wildman–Crippen MR) is 51.3 cm³/mol. The molecule has 0 radical (unpaired) electrons. The molecule has 0 bridgehead atoms. The second-order valence-electron chi connectivity index (χ2n) is 2.10. The van der Waals surface area contributed by atoms with Gasteiger partial charge in [0, 0.05) is 25.7 Å². The SMILES string of the molecule is CN.Cl.OCCCC(CO)CO. The summed E-state index contributed by atoms with van der Waals surface area (Å²) in [4.78, 5) is 0. The molecule has 0 aromatic rings. The quantitative estimate of drug-likeness (QED) is 0.477. The molecule has 0 spiro atoms. The lowest BCUT2D eigenvalue weighted by molar-refractivity contribution is 0.136. The fourth-order valence-electron chi connectivity index (χ4n) is 0.620. The van der Waals surface area contributed by atoms with Crippen molar-refractivity contribution < 1.29 is 15.3 Å². The number of hydrogen-bond donors (Lipinski definition) is 4. The number of halogens is 1. The Labute approximate surface area is 79.8 Å². The Balaban J connectivity index is -0.000000249. The maximum atomic E-state index is 8.51. The molecule has 0 atom stereocenters. The van der Waals surface area contributed by atoms with Crippen LogP contribution in [0.5, 0.6) is 0 Å². The average molecular weight is 202 g/mol. The lowest BCUT2D eigenvalue weighted by atomic mass is 10.1. The molecule has 5 heteroatoms. The lowest BCUT2D eigenvalue weighted by Crippen LogP contribution is -2.11.